The van der Waals surface area contributed by atoms with E-state index in [2.05, 4.69) is 5.32 Å². The van der Waals surface area contributed by atoms with Crippen molar-refractivity contribution in [2.75, 3.05) is 23.4 Å². The molecule has 0 aliphatic heterocycles. The highest BCUT2D eigenvalue weighted by Gasteiger charge is 2.04. The Labute approximate surface area is 103 Å². The van der Waals surface area contributed by atoms with Crippen molar-refractivity contribution in [2.24, 2.45) is 5.73 Å². The number of halogens is 2. The van der Waals surface area contributed by atoms with Gasteiger partial charge in [0.2, 0.25) is 5.91 Å². The number of nitrogens with one attached hydrogen (secondary N) is 1. The lowest BCUT2D eigenvalue weighted by Crippen LogP contribution is -2.15. The van der Waals surface area contributed by atoms with E-state index in [1.807, 2.05) is 0 Å². The summed E-state index contributed by atoms with van der Waals surface area (Å²) in [5.74, 6) is 0.405. The molecule has 1 amide bonds. The number of anilines is 1. The van der Waals surface area contributed by atoms with Gasteiger partial charge in [0.1, 0.15) is 5.82 Å². The van der Waals surface area contributed by atoms with Crippen molar-refractivity contribution < 1.29 is 9.18 Å². The molecule has 88 valence electrons. The van der Waals surface area contributed by atoms with E-state index in [1.165, 1.54) is 30.0 Å². The van der Waals surface area contributed by atoms with E-state index in [1.54, 1.807) is 0 Å². The minimum absolute atomic E-state index is 0.00703. The molecular formula is C10H12ClFN2OS. The maximum absolute atomic E-state index is 12.8. The fourth-order valence-electron chi connectivity index (χ4n) is 1.02. The van der Waals surface area contributed by atoms with Gasteiger partial charge in [0, 0.05) is 18.0 Å². The maximum Gasteiger partial charge on any atom is 0.234 e. The molecular weight excluding hydrogens is 251 g/mol. The first kappa shape index (κ1) is 13.3. The Morgan fingerprint density at radius 3 is 2.94 bits per heavy atom. The third kappa shape index (κ3) is 4.38. The molecule has 3 nitrogen and oxygen atoms in total. The molecule has 0 aromatic heterocycles. The van der Waals surface area contributed by atoms with Gasteiger partial charge in [-0.25, -0.2) is 4.39 Å². The summed E-state index contributed by atoms with van der Waals surface area (Å²) in [6, 6.07) is 4.06. The summed E-state index contributed by atoms with van der Waals surface area (Å²) < 4.78 is 12.8. The van der Waals surface area contributed by atoms with Gasteiger partial charge in [-0.05, 0) is 18.2 Å². The van der Waals surface area contributed by atoms with Crippen LogP contribution in [0.2, 0.25) is 5.02 Å². The summed E-state index contributed by atoms with van der Waals surface area (Å²) in [5, 5.41) is 2.61. The molecule has 0 saturated heterocycles. The molecule has 0 aliphatic carbocycles. The molecule has 0 bridgehead atoms. The monoisotopic (exact) mass is 262 g/mol. The number of carbonyl (C=O) groups is 1. The Morgan fingerprint density at radius 2 is 2.31 bits per heavy atom. The van der Waals surface area contributed by atoms with Crippen molar-refractivity contribution in [1.29, 1.82) is 0 Å². The van der Waals surface area contributed by atoms with Crippen LogP contribution in [0.3, 0.4) is 0 Å². The van der Waals surface area contributed by atoms with Crippen LogP contribution >= 0.6 is 23.4 Å². The minimum Gasteiger partial charge on any atom is -0.330 e. The van der Waals surface area contributed by atoms with E-state index in [0.717, 1.165) is 5.75 Å². The molecule has 1 aromatic rings. The topological polar surface area (TPSA) is 55.1 Å². The third-order valence-corrected chi connectivity index (χ3v) is 2.98. The van der Waals surface area contributed by atoms with Crippen molar-refractivity contribution in [3.8, 4) is 0 Å². The van der Waals surface area contributed by atoms with Crippen LogP contribution in [0.1, 0.15) is 0 Å². The second-order valence-electron chi connectivity index (χ2n) is 3.02. The molecule has 0 radical (unpaired) electrons. The molecule has 1 aromatic carbocycles. The smallest absolute Gasteiger partial charge is 0.234 e. The predicted molar refractivity (Wildman–Crippen MR) is 66.4 cm³/mol. The first-order valence-corrected chi connectivity index (χ1v) is 6.19. The Kier molecular flexibility index (Phi) is 5.59. The molecule has 0 saturated carbocycles. The fourth-order valence-corrected chi connectivity index (χ4v) is 1.77. The van der Waals surface area contributed by atoms with E-state index in [-0.39, 0.29) is 10.9 Å². The molecule has 0 aliphatic rings. The molecule has 3 N–H and O–H groups in total. The van der Waals surface area contributed by atoms with Gasteiger partial charge >= 0.3 is 0 Å². The highest BCUT2D eigenvalue weighted by Crippen LogP contribution is 2.19. The summed E-state index contributed by atoms with van der Waals surface area (Å²) in [7, 11) is 0. The third-order valence-electron chi connectivity index (χ3n) is 1.70. The van der Waals surface area contributed by atoms with E-state index >= 15 is 0 Å². The normalized spacial score (nSPS) is 10.2. The van der Waals surface area contributed by atoms with Crippen molar-refractivity contribution in [3.05, 3.63) is 29.0 Å². The number of rotatable bonds is 5. The summed E-state index contributed by atoms with van der Waals surface area (Å²) in [5.41, 5.74) is 5.78. The number of benzene rings is 1. The Hall–Kier alpha value is -0.780. The number of thioether (sulfide) groups is 1. The zero-order valence-corrected chi connectivity index (χ0v) is 10.1. The van der Waals surface area contributed by atoms with E-state index in [0.29, 0.717) is 18.0 Å². The van der Waals surface area contributed by atoms with Gasteiger partial charge in [0.25, 0.3) is 0 Å². The number of hydrogen-bond donors (Lipinski definition) is 2. The van der Waals surface area contributed by atoms with Crippen LogP contribution in [0.5, 0.6) is 0 Å². The zero-order chi connectivity index (χ0) is 12.0. The SMILES string of the molecule is NCCSCC(=O)Nc1ccc(F)c(Cl)c1. The standard InChI is InChI=1S/C10H12ClFN2OS/c11-8-5-7(1-2-9(8)12)14-10(15)6-16-4-3-13/h1-2,5H,3-4,6,13H2,(H,14,15). The molecule has 16 heavy (non-hydrogen) atoms. The average Bonchev–Trinajstić information content (AvgIpc) is 2.24. The molecule has 6 heteroatoms. The molecule has 0 atom stereocenters. The van der Waals surface area contributed by atoms with Gasteiger partial charge in [-0.2, -0.15) is 11.8 Å². The van der Waals surface area contributed by atoms with Gasteiger partial charge in [-0.15, -0.1) is 0 Å². The second-order valence-corrected chi connectivity index (χ2v) is 4.53. The van der Waals surface area contributed by atoms with Gasteiger partial charge in [-0.1, -0.05) is 11.6 Å². The van der Waals surface area contributed by atoms with Gasteiger partial charge in [0.15, 0.2) is 0 Å². The van der Waals surface area contributed by atoms with Crippen LogP contribution in [0.25, 0.3) is 0 Å². The Bertz CT molecular complexity index is 376. The van der Waals surface area contributed by atoms with Gasteiger partial charge in [0.05, 0.1) is 10.8 Å². The number of amides is 1. The first-order chi connectivity index (χ1) is 7.63. The fraction of sp³-hybridized carbons (Fsp3) is 0.300. The van der Waals surface area contributed by atoms with Crippen LogP contribution in [0.15, 0.2) is 18.2 Å². The van der Waals surface area contributed by atoms with E-state index in [4.69, 9.17) is 17.3 Å². The van der Waals surface area contributed by atoms with Crippen LogP contribution in [-0.4, -0.2) is 24.0 Å². The molecule has 0 unspecified atom stereocenters. The molecule has 0 fully saturated rings. The van der Waals surface area contributed by atoms with Crippen LogP contribution in [0.4, 0.5) is 10.1 Å². The number of hydrogen-bond acceptors (Lipinski definition) is 3. The Balaban J connectivity index is 2.46. The summed E-state index contributed by atoms with van der Waals surface area (Å²) in [6.07, 6.45) is 0. The zero-order valence-electron chi connectivity index (χ0n) is 8.50. The minimum atomic E-state index is -0.503. The Morgan fingerprint density at radius 1 is 1.56 bits per heavy atom. The molecule has 0 heterocycles. The summed E-state index contributed by atoms with van der Waals surface area (Å²) in [4.78, 5) is 11.4. The lowest BCUT2D eigenvalue weighted by Gasteiger charge is -2.05. The summed E-state index contributed by atoms with van der Waals surface area (Å²) in [6.45, 7) is 0.542. The number of carbonyl (C=O) groups excluding carboxylic acids is 1. The average molecular weight is 263 g/mol. The maximum atomic E-state index is 12.8. The van der Waals surface area contributed by atoms with E-state index in [9.17, 15) is 9.18 Å². The van der Waals surface area contributed by atoms with Crippen LogP contribution in [0, 0.1) is 5.82 Å². The largest absolute Gasteiger partial charge is 0.330 e. The second kappa shape index (κ2) is 6.73. The lowest BCUT2D eigenvalue weighted by atomic mass is 10.3. The quantitative estimate of drug-likeness (QED) is 0.799. The first-order valence-electron chi connectivity index (χ1n) is 4.66. The molecule has 1 rings (SSSR count). The van der Waals surface area contributed by atoms with Crippen LogP contribution < -0.4 is 11.1 Å². The number of nitrogens with two attached hydrogens (primary N) is 1. The van der Waals surface area contributed by atoms with Crippen molar-refractivity contribution in [3.63, 3.8) is 0 Å². The van der Waals surface area contributed by atoms with Crippen molar-refractivity contribution in [1.82, 2.24) is 0 Å². The summed E-state index contributed by atoms with van der Waals surface area (Å²) >= 11 is 7.02. The lowest BCUT2D eigenvalue weighted by molar-refractivity contribution is -0.113. The van der Waals surface area contributed by atoms with Crippen molar-refractivity contribution >= 4 is 35.0 Å². The molecule has 0 spiro atoms. The van der Waals surface area contributed by atoms with Gasteiger partial charge < -0.3 is 11.1 Å². The highest BCUT2D eigenvalue weighted by atomic mass is 35.5. The van der Waals surface area contributed by atoms with Crippen molar-refractivity contribution in [2.45, 2.75) is 0 Å². The van der Waals surface area contributed by atoms with E-state index < -0.39 is 5.82 Å². The van der Waals surface area contributed by atoms with Crippen LogP contribution in [-0.2, 0) is 4.79 Å². The highest BCUT2D eigenvalue weighted by molar-refractivity contribution is 7.99. The predicted octanol–water partition coefficient (Wildman–Crippen LogP) is 2.11. The van der Waals surface area contributed by atoms with Gasteiger partial charge in [-0.3, -0.25) is 4.79 Å².